The van der Waals surface area contributed by atoms with E-state index in [-0.39, 0.29) is 6.61 Å². The van der Waals surface area contributed by atoms with E-state index in [0.29, 0.717) is 6.54 Å². The molecule has 5 nitrogen and oxygen atoms in total. The second-order valence-corrected chi connectivity index (χ2v) is 8.15. The van der Waals surface area contributed by atoms with Gasteiger partial charge in [0.05, 0.1) is 18.8 Å². The minimum absolute atomic E-state index is 0.156. The molecule has 2 bridgehead atoms. The number of aromatic nitrogens is 2. The molecule has 3 aliphatic rings. The highest BCUT2D eigenvalue weighted by Crippen LogP contribution is 2.46. The number of aliphatic hydroxyl groups is 1. The molecule has 1 aromatic heterocycles. The van der Waals surface area contributed by atoms with Crippen LogP contribution in [0.15, 0.2) is 0 Å². The Labute approximate surface area is 145 Å². The van der Waals surface area contributed by atoms with Crippen molar-refractivity contribution in [3.8, 4) is 0 Å². The van der Waals surface area contributed by atoms with E-state index in [1.165, 1.54) is 63.1 Å². The van der Waals surface area contributed by atoms with Crippen molar-refractivity contribution in [1.29, 1.82) is 0 Å². The van der Waals surface area contributed by atoms with E-state index in [9.17, 15) is 0 Å². The van der Waals surface area contributed by atoms with Gasteiger partial charge in [0.2, 0.25) is 0 Å². The van der Waals surface area contributed by atoms with Gasteiger partial charge in [0.25, 0.3) is 0 Å². The number of hydrogen-bond donors (Lipinski definition) is 1. The first-order chi connectivity index (χ1) is 11.7. The third kappa shape index (κ3) is 3.02. The van der Waals surface area contributed by atoms with Gasteiger partial charge < -0.3 is 5.11 Å². The number of fused-ring (bicyclic) bond motifs is 2. The Morgan fingerprint density at radius 2 is 1.88 bits per heavy atom. The standard InChI is InChI=1S/C19H32N4O/c1-14-18(15(2)23(20-14)9-10-24)13-21-5-7-22(8-6-21)19-12-16-3-4-17(19)11-16/h16-17,19,24H,3-13H2,1-2H3. The number of nitrogens with zero attached hydrogens (tertiary/aromatic N) is 4. The van der Waals surface area contributed by atoms with Crippen LogP contribution in [0, 0.1) is 25.7 Å². The summed E-state index contributed by atoms with van der Waals surface area (Å²) < 4.78 is 1.95. The molecule has 1 N–H and O–H groups in total. The lowest BCUT2D eigenvalue weighted by molar-refractivity contribution is 0.0678. The highest BCUT2D eigenvalue weighted by atomic mass is 16.3. The van der Waals surface area contributed by atoms with Crippen molar-refractivity contribution < 1.29 is 5.11 Å². The second kappa shape index (κ2) is 6.77. The van der Waals surface area contributed by atoms with Gasteiger partial charge in [-0.2, -0.15) is 5.10 Å². The van der Waals surface area contributed by atoms with Gasteiger partial charge in [-0.15, -0.1) is 0 Å². The first-order valence-electron chi connectivity index (χ1n) is 9.76. The summed E-state index contributed by atoms with van der Waals surface area (Å²) in [6.07, 6.45) is 5.96. The molecule has 0 amide bonds. The van der Waals surface area contributed by atoms with E-state index in [0.717, 1.165) is 30.1 Å². The smallest absolute Gasteiger partial charge is 0.0644 e. The first kappa shape index (κ1) is 16.6. The lowest BCUT2D eigenvalue weighted by Crippen LogP contribution is -2.51. The molecular weight excluding hydrogens is 300 g/mol. The van der Waals surface area contributed by atoms with Crippen LogP contribution < -0.4 is 0 Å². The number of aliphatic hydroxyl groups excluding tert-OH is 1. The van der Waals surface area contributed by atoms with Crippen molar-refractivity contribution >= 4 is 0 Å². The lowest BCUT2D eigenvalue weighted by atomic mass is 9.93. The first-order valence-corrected chi connectivity index (χ1v) is 9.76. The number of aryl methyl sites for hydroxylation is 1. The van der Waals surface area contributed by atoms with Gasteiger partial charge >= 0.3 is 0 Å². The van der Waals surface area contributed by atoms with Crippen LogP contribution in [0.1, 0.15) is 42.6 Å². The maximum atomic E-state index is 9.17. The Balaban J connectivity index is 1.33. The van der Waals surface area contributed by atoms with Crippen molar-refractivity contribution in [2.75, 3.05) is 32.8 Å². The molecule has 2 heterocycles. The molecular formula is C19H32N4O. The molecule has 4 rings (SSSR count). The zero-order valence-corrected chi connectivity index (χ0v) is 15.2. The minimum atomic E-state index is 0.156. The number of hydrogen-bond acceptors (Lipinski definition) is 4. The lowest BCUT2D eigenvalue weighted by Gasteiger charge is -2.41. The van der Waals surface area contributed by atoms with Gasteiger partial charge in [0.1, 0.15) is 0 Å². The summed E-state index contributed by atoms with van der Waals surface area (Å²) in [5.74, 6) is 2.04. The predicted octanol–water partition coefficient (Wildman–Crippen LogP) is 1.80. The van der Waals surface area contributed by atoms with E-state index >= 15 is 0 Å². The molecule has 5 heteroatoms. The van der Waals surface area contributed by atoms with Gasteiger partial charge in [-0.05, 0) is 44.9 Å². The van der Waals surface area contributed by atoms with Crippen LogP contribution in [0.3, 0.4) is 0 Å². The predicted molar refractivity (Wildman–Crippen MR) is 94.9 cm³/mol. The number of piperazine rings is 1. The average Bonchev–Trinajstić information content (AvgIpc) is 3.28. The van der Waals surface area contributed by atoms with Crippen molar-refractivity contribution in [3.63, 3.8) is 0 Å². The van der Waals surface area contributed by atoms with E-state index < -0.39 is 0 Å². The van der Waals surface area contributed by atoms with Crippen molar-refractivity contribution in [2.24, 2.45) is 11.8 Å². The molecule has 24 heavy (non-hydrogen) atoms. The normalized spacial score (nSPS) is 31.2. The SMILES string of the molecule is Cc1nn(CCO)c(C)c1CN1CCN(C2CC3CCC2C3)CC1. The van der Waals surface area contributed by atoms with Gasteiger partial charge in [-0.25, -0.2) is 0 Å². The van der Waals surface area contributed by atoms with Crippen LogP contribution in [0.4, 0.5) is 0 Å². The van der Waals surface area contributed by atoms with Crippen LogP contribution in [0.5, 0.6) is 0 Å². The van der Waals surface area contributed by atoms with E-state index in [4.69, 9.17) is 5.11 Å². The van der Waals surface area contributed by atoms with E-state index in [2.05, 4.69) is 28.7 Å². The summed E-state index contributed by atoms with van der Waals surface area (Å²) in [5.41, 5.74) is 3.70. The molecule has 134 valence electrons. The largest absolute Gasteiger partial charge is 0.394 e. The van der Waals surface area contributed by atoms with Crippen LogP contribution in [-0.4, -0.2) is 63.5 Å². The molecule has 3 unspecified atom stereocenters. The highest BCUT2D eigenvalue weighted by molar-refractivity contribution is 5.24. The Kier molecular flexibility index (Phi) is 4.67. The zero-order valence-electron chi connectivity index (χ0n) is 15.2. The summed E-state index contributed by atoms with van der Waals surface area (Å²) >= 11 is 0. The minimum Gasteiger partial charge on any atom is -0.394 e. The molecule has 3 atom stereocenters. The topological polar surface area (TPSA) is 44.5 Å². The van der Waals surface area contributed by atoms with Crippen molar-refractivity contribution in [3.05, 3.63) is 17.0 Å². The monoisotopic (exact) mass is 332 g/mol. The molecule has 0 radical (unpaired) electrons. The van der Waals surface area contributed by atoms with Gasteiger partial charge in [-0.1, -0.05) is 6.42 Å². The fourth-order valence-corrected chi connectivity index (χ4v) is 5.41. The van der Waals surface area contributed by atoms with E-state index in [1.807, 2.05) is 4.68 Å². The average molecular weight is 332 g/mol. The van der Waals surface area contributed by atoms with E-state index in [1.54, 1.807) is 0 Å². The van der Waals surface area contributed by atoms with Crippen LogP contribution >= 0.6 is 0 Å². The summed E-state index contributed by atoms with van der Waals surface area (Å²) in [6.45, 7) is 10.8. The Hall–Kier alpha value is -0.910. The molecule has 2 saturated carbocycles. The second-order valence-electron chi connectivity index (χ2n) is 8.15. The fraction of sp³-hybridized carbons (Fsp3) is 0.842. The Bertz CT molecular complexity index is 576. The third-order valence-electron chi connectivity index (χ3n) is 6.80. The quantitative estimate of drug-likeness (QED) is 0.893. The maximum absolute atomic E-state index is 9.17. The van der Waals surface area contributed by atoms with Crippen LogP contribution in [-0.2, 0) is 13.1 Å². The summed E-state index contributed by atoms with van der Waals surface area (Å²) in [6, 6.07) is 0.890. The molecule has 1 aliphatic heterocycles. The van der Waals surface area contributed by atoms with Crippen molar-refractivity contribution in [1.82, 2.24) is 19.6 Å². The summed E-state index contributed by atoms with van der Waals surface area (Å²) in [5, 5.41) is 13.8. The fourth-order valence-electron chi connectivity index (χ4n) is 5.41. The molecule has 3 fully saturated rings. The Morgan fingerprint density at radius 1 is 1.08 bits per heavy atom. The van der Waals surface area contributed by atoms with Gasteiger partial charge in [-0.3, -0.25) is 14.5 Å². The van der Waals surface area contributed by atoms with Crippen LogP contribution in [0.2, 0.25) is 0 Å². The third-order valence-corrected chi connectivity index (χ3v) is 6.80. The maximum Gasteiger partial charge on any atom is 0.0644 e. The van der Waals surface area contributed by atoms with Crippen molar-refractivity contribution in [2.45, 2.75) is 58.7 Å². The highest BCUT2D eigenvalue weighted by Gasteiger charge is 2.42. The van der Waals surface area contributed by atoms with Gasteiger partial charge in [0.15, 0.2) is 0 Å². The molecule has 2 aliphatic carbocycles. The van der Waals surface area contributed by atoms with Crippen LogP contribution in [0.25, 0.3) is 0 Å². The Morgan fingerprint density at radius 3 is 2.50 bits per heavy atom. The summed E-state index contributed by atoms with van der Waals surface area (Å²) in [4.78, 5) is 5.37. The summed E-state index contributed by atoms with van der Waals surface area (Å²) in [7, 11) is 0. The molecule has 1 saturated heterocycles. The number of rotatable bonds is 5. The molecule has 1 aromatic rings. The molecule has 0 spiro atoms. The molecule has 0 aromatic carbocycles. The van der Waals surface area contributed by atoms with Gasteiger partial charge in [0, 0.05) is 50.0 Å². The zero-order chi connectivity index (χ0) is 16.7.